The van der Waals surface area contributed by atoms with Gasteiger partial charge in [0.1, 0.15) is 0 Å². The normalized spacial score (nSPS) is 19.3. The van der Waals surface area contributed by atoms with Crippen molar-refractivity contribution in [1.29, 1.82) is 0 Å². The summed E-state index contributed by atoms with van der Waals surface area (Å²) in [4.78, 5) is 12.2. The minimum atomic E-state index is 0. The molecule has 0 aromatic heterocycles. The van der Waals surface area contributed by atoms with E-state index in [1.54, 1.807) is 0 Å². The molecule has 0 saturated heterocycles. The smallest absolute Gasteiger partial charge is 0.227 e. The van der Waals surface area contributed by atoms with Crippen LogP contribution in [-0.2, 0) is 11.2 Å². The number of rotatable bonds is 3. The zero-order valence-corrected chi connectivity index (χ0v) is 11.5. The molecule has 0 fully saturated rings. The van der Waals surface area contributed by atoms with Crippen molar-refractivity contribution in [2.45, 2.75) is 38.1 Å². The van der Waals surface area contributed by atoms with E-state index in [-0.39, 0.29) is 30.3 Å². The molecule has 1 aliphatic carbocycles. The highest BCUT2D eigenvalue weighted by atomic mass is 35.5. The van der Waals surface area contributed by atoms with Gasteiger partial charge in [-0.15, -0.1) is 12.4 Å². The summed E-state index contributed by atoms with van der Waals surface area (Å²) in [6.45, 7) is 2.42. The number of nitrogens with two attached hydrogens (primary N) is 1. The van der Waals surface area contributed by atoms with E-state index < -0.39 is 0 Å². The van der Waals surface area contributed by atoms with Crippen molar-refractivity contribution in [1.82, 2.24) is 5.32 Å². The highest BCUT2D eigenvalue weighted by Crippen LogP contribution is 2.31. The summed E-state index contributed by atoms with van der Waals surface area (Å²) in [6, 6.07) is 8.31. The number of benzene rings is 1. The Bertz CT molecular complexity index is 409. The maximum atomic E-state index is 12.2. The van der Waals surface area contributed by atoms with E-state index in [0.29, 0.717) is 6.54 Å². The maximum absolute atomic E-state index is 12.2. The molecule has 1 amide bonds. The van der Waals surface area contributed by atoms with Gasteiger partial charge < -0.3 is 11.1 Å². The molecule has 3 nitrogen and oxygen atoms in total. The summed E-state index contributed by atoms with van der Waals surface area (Å²) < 4.78 is 0. The monoisotopic (exact) mass is 268 g/mol. The molecule has 0 spiro atoms. The number of carbonyl (C=O) groups is 1. The third-order valence-electron chi connectivity index (χ3n) is 3.43. The average molecular weight is 269 g/mol. The van der Waals surface area contributed by atoms with Crippen molar-refractivity contribution >= 4 is 18.3 Å². The molecule has 2 atom stereocenters. The molecule has 1 aromatic carbocycles. The predicted octanol–water partition coefficient (Wildman–Crippen LogP) is 1.99. The van der Waals surface area contributed by atoms with Crippen LogP contribution in [0.3, 0.4) is 0 Å². The largest absolute Gasteiger partial charge is 0.352 e. The van der Waals surface area contributed by atoms with E-state index >= 15 is 0 Å². The molecule has 1 aliphatic rings. The Labute approximate surface area is 115 Å². The predicted molar refractivity (Wildman–Crippen MR) is 76.0 cm³/mol. The summed E-state index contributed by atoms with van der Waals surface area (Å²) >= 11 is 0. The highest BCUT2D eigenvalue weighted by Gasteiger charge is 2.26. The summed E-state index contributed by atoms with van der Waals surface area (Å²) in [5, 5.41) is 2.98. The molecule has 1 unspecified atom stereocenters. The topological polar surface area (TPSA) is 55.1 Å². The van der Waals surface area contributed by atoms with Gasteiger partial charge in [-0.05, 0) is 37.3 Å². The summed E-state index contributed by atoms with van der Waals surface area (Å²) in [5.74, 6) is 0.129. The fourth-order valence-corrected chi connectivity index (χ4v) is 2.43. The van der Waals surface area contributed by atoms with Crippen molar-refractivity contribution in [2.24, 2.45) is 5.73 Å². The highest BCUT2D eigenvalue weighted by molar-refractivity contribution is 5.85. The first-order valence-corrected chi connectivity index (χ1v) is 6.30. The zero-order chi connectivity index (χ0) is 12.3. The van der Waals surface area contributed by atoms with Crippen LogP contribution in [0.4, 0.5) is 0 Å². The first kappa shape index (κ1) is 15.0. The molecule has 4 heteroatoms. The lowest BCUT2D eigenvalue weighted by molar-refractivity contribution is -0.123. The van der Waals surface area contributed by atoms with Crippen LogP contribution in [0, 0.1) is 0 Å². The summed E-state index contributed by atoms with van der Waals surface area (Å²) in [6.07, 6.45) is 3.12. The molecular weight excluding hydrogens is 248 g/mol. The van der Waals surface area contributed by atoms with Crippen molar-refractivity contribution in [3.8, 4) is 0 Å². The number of amides is 1. The zero-order valence-electron chi connectivity index (χ0n) is 10.7. The summed E-state index contributed by atoms with van der Waals surface area (Å²) in [5.41, 5.74) is 8.04. The van der Waals surface area contributed by atoms with Crippen LogP contribution in [0.25, 0.3) is 0 Å². The second-order valence-electron chi connectivity index (χ2n) is 4.79. The van der Waals surface area contributed by atoms with E-state index in [0.717, 1.165) is 19.3 Å². The Kier molecular flexibility index (Phi) is 5.63. The summed E-state index contributed by atoms with van der Waals surface area (Å²) in [7, 11) is 0. The maximum Gasteiger partial charge on any atom is 0.227 e. The van der Waals surface area contributed by atoms with Crippen molar-refractivity contribution in [2.75, 3.05) is 6.54 Å². The molecule has 18 heavy (non-hydrogen) atoms. The second-order valence-corrected chi connectivity index (χ2v) is 4.79. The SMILES string of the molecule is C[C@H](CN)NC(=O)C1CCCc2ccccc21.Cl. The molecule has 100 valence electrons. The number of fused-ring (bicyclic) bond motifs is 1. The number of carbonyl (C=O) groups excluding carboxylic acids is 1. The lowest BCUT2D eigenvalue weighted by Crippen LogP contribution is -2.41. The van der Waals surface area contributed by atoms with Gasteiger partial charge in [-0.1, -0.05) is 24.3 Å². The van der Waals surface area contributed by atoms with E-state index in [2.05, 4.69) is 17.4 Å². The molecule has 2 rings (SSSR count). The van der Waals surface area contributed by atoms with Crippen LogP contribution in [0.5, 0.6) is 0 Å². The van der Waals surface area contributed by atoms with Crippen LogP contribution in [0.1, 0.15) is 36.8 Å². The first-order chi connectivity index (χ1) is 8.22. The lowest BCUT2D eigenvalue weighted by Gasteiger charge is -2.25. The van der Waals surface area contributed by atoms with Gasteiger partial charge in [-0.25, -0.2) is 0 Å². The number of aryl methyl sites for hydroxylation is 1. The van der Waals surface area contributed by atoms with Crippen molar-refractivity contribution in [3.63, 3.8) is 0 Å². The number of hydrogen-bond donors (Lipinski definition) is 2. The Morgan fingerprint density at radius 1 is 1.50 bits per heavy atom. The lowest BCUT2D eigenvalue weighted by atomic mass is 9.82. The quantitative estimate of drug-likeness (QED) is 0.881. The van der Waals surface area contributed by atoms with E-state index in [1.807, 2.05) is 19.1 Å². The third-order valence-corrected chi connectivity index (χ3v) is 3.43. The number of halogens is 1. The molecule has 0 bridgehead atoms. The van der Waals surface area contributed by atoms with Crippen molar-refractivity contribution < 1.29 is 4.79 Å². The second kappa shape index (κ2) is 6.76. The van der Waals surface area contributed by atoms with Gasteiger partial charge in [0.05, 0.1) is 5.92 Å². The molecule has 1 aromatic rings. The van der Waals surface area contributed by atoms with Gasteiger partial charge in [0.25, 0.3) is 0 Å². The molecule has 0 aliphatic heterocycles. The Morgan fingerprint density at radius 3 is 2.94 bits per heavy atom. The van der Waals surface area contributed by atoms with Crippen LogP contribution >= 0.6 is 12.4 Å². The molecule has 0 radical (unpaired) electrons. The van der Waals surface area contributed by atoms with Crippen LogP contribution in [-0.4, -0.2) is 18.5 Å². The third kappa shape index (κ3) is 3.24. The molecular formula is C14H21ClN2O. The average Bonchev–Trinajstić information content (AvgIpc) is 2.37. The molecule has 0 heterocycles. The molecule has 3 N–H and O–H groups in total. The fourth-order valence-electron chi connectivity index (χ4n) is 2.43. The minimum Gasteiger partial charge on any atom is -0.352 e. The van der Waals surface area contributed by atoms with E-state index in [1.165, 1.54) is 11.1 Å². The Balaban J connectivity index is 0.00000162. The molecule has 0 saturated carbocycles. The van der Waals surface area contributed by atoms with Gasteiger partial charge in [0, 0.05) is 12.6 Å². The standard InChI is InChI=1S/C14H20N2O.ClH/c1-10(9-15)16-14(17)13-8-4-6-11-5-2-3-7-12(11)13;/h2-3,5,7,10,13H,4,6,8-9,15H2,1H3,(H,16,17);1H/t10-,13?;/m1./s1. The Hall–Kier alpha value is -1.06. The number of nitrogens with one attached hydrogen (secondary N) is 1. The van der Waals surface area contributed by atoms with E-state index in [4.69, 9.17) is 5.73 Å². The minimum absolute atomic E-state index is 0. The van der Waals surface area contributed by atoms with E-state index in [9.17, 15) is 4.79 Å². The Morgan fingerprint density at radius 2 is 2.22 bits per heavy atom. The van der Waals surface area contributed by atoms with Crippen LogP contribution in [0.15, 0.2) is 24.3 Å². The van der Waals surface area contributed by atoms with Crippen LogP contribution < -0.4 is 11.1 Å². The van der Waals surface area contributed by atoms with Crippen LogP contribution in [0.2, 0.25) is 0 Å². The van der Waals surface area contributed by atoms with Gasteiger partial charge in [0.2, 0.25) is 5.91 Å². The fraction of sp³-hybridized carbons (Fsp3) is 0.500. The van der Waals surface area contributed by atoms with Gasteiger partial charge in [-0.3, -0.25) is 4.79 Å². The van der Waals surface area contributed by atoms with Gasteiger partial charge in [-0.2, -0.15) is 0 Å². The van der Waals surface area contributed by atoms with Gasteiger partial charge >= 0.3 is 0 Å². The first-order valence-electron chi connectivity index (χ1n) is 6.30. The van der Waals surface area contributed by atoms with Gasteiger partial charge in [0.15, 0.2) is 0 Å². The van der Waals surface area contributed by atoms with Crippen molar-refractivity contribution in [3.05, 3.63) is 35.4 Å². The number of hydrogen-bond acceptors (Lipinski definition) is 2.